The Morgan fingerprint density at radius 3 is 1.31 bits per heavy atom. The van der Waals surface area contributed by atoms with Crippen LogP contribution in [0.15, 0.2) is 36.4 Å². The van der Waals surface area contributed by atoms with Gasteiger partial charge in [-0.1, -0.05) is 90.2 Å². The molecule has 2 aromatic carbocycles. The molecule has 0 aromatic heterocycles. The Bertz CT molecular complexity index is 711. The second kappa shape index (κ2) is 15.4. The lowest BCUT2D eigenvalue weighted by molar-refractivity contribution is 0.305. The first kappa shape index (κ1) is 25.9. The van der Waals surface area contributed by atoms with Crippen LogP contribution in [-0.4, -0.2) is 13.2 Å². The summed E-state index contributed by atoms with van der Waals surface area (Å²) in [5, 5.41) is 0. The van der Waals surface area contributed by atoms with E-state index in [9.17, 15) is 0 Å². The Morgan fingerprint density at radius 1 is 0.531 bits per heavy atom. The van der Waals surface area contributed by atoms with Crippen LogP contribution in [0.25, 0.3) is 11.1 Å². The topological polar surface area (TPSA) is 70.5 Å². The molecule has 0 aliphatic rings. The van der Waals surface area contributed by atoms with Crippen LogP contribution < -0.4 is 20.9 Å². The number of hydrogen-bond acceptors (Lipinski definition) is 4. The minimum absolute atomic E-state index is 0.676. The minimum Gasteiger partial charge on any atom is -0.491 e. The lowest BCUT2D eigenvalue weighted by atomic mass is 10.0. The SMILES string of the molecule is CCCCCCCCOc1cc(-c2ccc(N)c(OCCCCCCCC)c2)ccc1N. The largest absolute Gasteiger partial charge is 0.491 e. The quantitative estimate of drug-likeness (QED) is 0.193. The molecule has 178 valence electrons. The molecule has 0 atom stereocenters. The van der Waals surface area contributed by atoms with Gasteiger partial charge in [0, 0.05) is 0 Å². The Labute approximate surface area is 195 Å². The smallest absolute Gasteiger partial charge is 0.142 e. The fourth-order valence-electron chi connectivity index (χ4n) is 3.81. The van der Waals surface area contributed by atoms with Crippen molar-refractivity contribution in [1.29, 1.82) is 0 Å². The minimum atomic E-state index is 0.676. The van der Waals surface area contributed by atoms with Crippen molar-refractivity contribution in [2.75, 3.05) is 24.7 Å². The molecule has 0 fully saturated rings. The van der Waals surface area contributed by atoms with Crippen LogP contribution in [0.5, 0.6) is 11.5 Å². The second-order valence-electron chi connectivity index (χ2n) is 8.74. The number of anilines is 2. The van der Waals surface area contributed by atoms with Gasteiger partial charge in [0.2, 0.25) is 0 Å². The summed E-state index contributed by atoms with van der Waals surface area (Å²) in [6, 6.07) is 11.9. The number of ether oxygens (including phenoxy) is 2. The van der Waals surface area contributed by atoms with E-state index in [0.29, 0.717) is 24.6 Å². The Morgan fingerprint density at radius 2 is 0.906 bits per heavy atom. The lowest BCUT2D eigenvalue weighted by Crippen LogP contribution is -2.02. The van der Waals surface area contributed by atoms with Crippen molar-refractivity contribution < 1.29 is 9.47 Å². The van der Waals surface area contributed by atoms with E-state index in [1.54, 1.807) is 0 Å². The highest BCUT2D eigenvalue weighted by Gasteiger charge is 2.08. The molecule has 32 heavy (non-hydrogen) atoms. The van der Waals surface area contributed by atoms with Gasteiger partial charge in [-0.3, -0.25) is 0 Å². The average molecular weight is 441 g/mol. The molecule has 4 nitrogen and oxygen atoms in total. The molecule has 0 amide bonds. The van der Waals surface area contributed by atoms with E-state index in [0.717, 1.165) is 35.5 Å². The summed E-state index contributed by atoms with van der Waals surface area (Å²) in [5.74, 6) is 1.50. The van der Waals surface area contributed by atoms with Crippen LogP contribution in [-0.2, 0) is 0 Å². The molecule has 2 rings (SSSR count). The monoisotopic (exact) mass is 440 g/mol. The Hall–Kier alpha value is -2.36. The van der Waals surface area contributed by atoms with Crippen molar-refractivity contribution in [2.45, 2.75) is 90.9 Å². The van der Waals surface area contributed by atoms with Gasteiger partial charge < -0.3 is 20.9 Å². The zero-order valence-corrected chi connectivity index (χ0v) is 20.3. The van der Waals surface area contributed by atoms with E-state index in [1.165, 1.54) is 64.2 Å². The van der Waals surface area contributed by atoms with Crippen molar-refractivity contribution in [1.82, 2.24) is 0 Å². The van der Waals surface area contributed by atoms with Crippen LogP contribution in [0.3, 0.4) is 0 Å². The van der Waals surface area contributed by atoms with Crippen molar-refractivity contribution in [3.05, 3.63) is 36.4 Å². The Kier molecular flexibility index (Phi) is 12.5. The van der Waals surface area contributed by atoms with E-state index in [4.69, 9.17) is 20.9 Å². The number of rotatable bonds is 17. The van der Waals surface area contributed by atoms with E-state index in [1.807, 2.05) is 36.4 Å². The average Bonchev–Trinajstić information content (AvgIpc) is 2.80. The first-order chi connectivity index (χ1) is 15.7. The molecule has 2 aromatic rings. The number of nitrogen functional groups attached to an aromatic ring is 2. The first-order valence-corrected chi connectivity index (χ1v) is 12.7. The highest BCUT2D eigenvalue weighted by atomic mass is 16.5. The highest BCUT2D eigenvalue weighted by Crippen LogP contribution is 2.33. The third kappa shape index (κ3) is 9.42. The van der Waals surface area contributed by atoms with Crippen molar-refractivity contribution >= 4 is 11.4 Å². The maximum atomic E-state index is 6.16. The van der Waals surface area contributed by atoms with Gasteiger partial charge in [0.15, 0.2) is 0 Å². The molecule has 0 radical (unpaired) electrons. The molecular weight excluding hydrogens is 396 g/mol. The number of nitrogens with two attached hydrogens (primary N) is 2. The molecule has 0 saturated carbocycles. The normalized spacial score (nSPS) is 10.9. The summed E-state index contributed by atoms with van der Waals surface area (Å²) in [6.45, 7) is 5.89. The number of benzene rings is 2. The van der Waals surface area contributed by atoms with Crippen LogP contribution >= 0.6 is 0 Å². The number of unbranched alkanes of at least 4 members (excludes halogenated alkanes) is 10. The van der Waals surface area contributed by atoms with Gasteiger partial charge in [-0.05, 0) is 48.2 Å². The van der Waals surface area contributed by atoms with Crippen molar-refractivity contribution in [3.63, 3.8) is 0 Å². The number of hydrogen-bond donors (Lipinski definition) is 2. The van der Waals surface area contributed by atoms with Gasteiger partial charge >= 0.3 is 0 Å². The maximum Gasteiger partial charge on any atom is 0.142 e. The molecule has 0 aliphatic heterocycles. The van der Waals surface area contributed by atoms with Crippen LogP contribution in [0, 0.1) is 0 Å². The van der Waals surface area contributed by atoms with Gasteiger partial charge in [0.05, 0.1) is 24.6 Å². The molecule has 4 N–H and O–H groups in total. The molecule has 0 heterocycles. The second-order valence-corrected chi connectivity index (χ2v) is 8.74. The van der Waals surface area contributed by atoms with Gasteiger partial charge in [0.1, 0.15) is 11.5 Å². The first-order valence-electron chi connectivity index (χ1n) is 12.7. The van der Waals surface area contributed by atoms with Crippen LogP contribution in [0.2, 0.25) is 0 Å². The third-order valence-electron chi connectivity index (χ3n) is 5.87. The van der Waals surface area contributed by atoms with E-state index in [-0.39, 0.29) is 0 Å². The van der Waals surface area contributed by atoms with E-state index < -0.39 is 0 Å². The standard InChI is InChI=1S/C28H44N2O2/c1-3-5-7-9-11-13-19-31-27-21-23(15-17-25(27)29)24-16-18-26(30)28(22-24)32-20-14-12-10-8-6-4-2/h15-18,21-22H,3-14,19-20,29-30H2,1-2H3. The summed E-state index contributed by atoms with van der Waals surface area (Å²) in [6.07, 6.45) is 14.9. The van der Waals surface area contributed by atoms with Gasteiger partial charge in [-0.2, -0.15) is 0 Å². The molecule has 0 aliphatic carbocycles. The summed E-state index contributed by atoms with van der Waals surface area (Å²) < 4.78 is 12.0. The summed E-state index contributed by atoms with van der Waals surface area (Å²) in [5.41, 5.74) is 15.8. The fraction of sp³-hybridized carbons (Fsp3) is 0.571. The predicted molar refractivity (Wildman–Crippen MR) is 138 cm³/mol. The van der Waals surface area contributed by atoms with Crippen molar-refractivity contribution in [2.24, 2.45) is 0 Å². The molecule has 0 spiro atoms. The fourth-order valence-corrected chi connectivity index (χ4v) is 3.81. The zero-order valence-electron chi connectivity index (χ0n) is 20.3. The van der Waals surface area contributed by atoms with Crippen molar-refractivity contribution in [3.8, 4) is 22.6 Å². The summed E-state index contributed by atoms with van der Waals surface area (Å²) in [7, 11) is 0. The van der Waals surface area contributed by atoms with Gasteiger partial charge in [-0.15, -0.1) is 0 Å². The Balaban J connectivity index is 1.89. The maximum absolute atomic E-state index is 6.16. The summed E-state index contributed by atoms with van der Waals surface area (Å²) >= 11 is 0. The zero-order chi connectivity index (χ0) is 23.0. The molecular formula is C28H44N2O2. The third-order valence-corrected chi connectivity index (χ3v) is 5.87. The molecule has 0 saturated heterocycles. The molecule has 0 unspecified atom stereocenters. The predicted octanol–water partition coefficient (Wildman–Crippen LogP) is 8.00. The molecule has 0 bridgehead atoms. The lowest BCUT2D eigenvalue weighted by Gasteiger charge is -2.13. The summed E-state index contributed by atoms with van der Waals surface area (Å²) in [4.78, 5) is 0. The highest BCUT2D eigenvalue weighted by molar-refractivity contribution is 5.73. The van der Waals surface area contributed by atoms with Gasteiger partial charge in [0.25, 0.3) is 0 Å². The van der Waals surface area contributed by atoms with Crippen LogP contribution in [0.1, 0.15) is 90.9 Å². The van der Waals surface area contributed by atoms with E-state index in [2.05, 4.69) is 13.8 Å². The van der Waals surface area contributed by atoms with Gasteiger partial charge in [-0.25, -0.2) is 0 Å². The van der Waals surface area contributed by atoms with E-state index >= 15 is 0 Å². The van der Waals surface area contributed by atoms with Crippen LogP contribution in [0.4, 0.5) is 11.4 Å². The molecule has 4 heteroatoms.